The zero-order chi connectivity index (χ0) is 19.8. The Morgan fingerprint density at radius 3 is 2.29 bits per heavy atom. The summed E-state index contributed by atoms with van der Waals surface area (Å²) >= 11 is 0. The van der Waals surface area contributed by atoms with Crippen molar-refractivity contribution in [3.05, 3.63) is 90.0 Å². The third-order valence-electron chi connectivity index (χ3n) is 4.74. The molecule has 0 spiro atoms. The summed E-state index contributed by atoms with van der Waals surface area (Å²) in [6.07, 6.45) is 0. The lowest BCUT2D eigenvalue weighted by Gasteiger charge is -2.16. The fourth-order valence-corrected chi connectivity index (χ4v) is 7.82. The van der Waals surface area contributed by atoms with Crippen LogP contribution in [-0.2, 0) is 26.3 Å². The third-order valence-corrected chi connectivity index (χ3v) is 8.88. The van der Waals surface area contributed by atoms with Crippen LogP contribution in [0.5, 0.6) is 5.75 Å². The molecular formula is C21H18O5S2. The molecule has 4 rings (SSSR count). The van der Waals surface area contributed by atoms with Crippen LogP contribution in [0.3, 0.4) is 0 Å². The molecule has 0 N–H and O–H groups in total. The van der Waals surface area contributed by atoms with E-state index in [9.17, 15) is 16.8 Å². The largest absolute Gasteiger partial charge is 0.488 e. The van der Waals surface area contributed by atoms with Crippen LogP contribution in [0.25, 0.3) is 0 Å². The van der Waals surface area contributed by atoms with Gasteiger partial charge < -0.3 is 4.74 Å². The van der Waals surface area contributed by atoms with E-state index >= 15 is 0 Å². The van der Waals surface area contributed by atoms with Gasteiger partial charge in [-0.1, -0.05) is 60.7 Å². The number of para-hydroxylation sites is 1. The molecule has 0 aromatic heterocycles. The lowest BCUT2D eigenvalue weighted by Crippen LogP contribution is -2.17. The summed E-state index contributed by atoms with van der Waals surface area (Å²) in [5.41, 5.74) is 1.23. The monoisotopic (exact) mass is 414 g/mol. The van der Waals surface area contributed by atoms with Gasteiger partial charge in [-0.2, -0.15) is 0 Å². The summed E-state index contributed by atoms with van der Waals surface area (Å²) in [6.45, 7) is 0.215. The molecule has 28 heavy (non-hydrogen) atoms. The van der Waals surface area contributed by atoms with Gasteiger partial charge in [0.05, 0.1) is 10.6 Å². The molecule has 0 amide bonds. The van der Waals surface area contributed by atoms with E-state index in [4.69, 9.17) is 4.74 Å². The van der Waals surface area contributed by atoms with Crippen LogP contribution in [0.15, 0.2) is 88.7 Å². The molecular weight excluding hydrogens is 396 g/mol. The molecule has 0 aliphatic carbocycles. The van der Waals surface area contributed by atoms with Gasteiger partial charge in [-0.25, -0.2) is 16.8 Å². The molecule has 3 aromatic carbocycles. The predicted molar refractivity (Wildman–Crippen MR) is 106 cm³/mol. The second-order valence-corrected chi connectivity index (χ2v) is 10.7. The van der Waals surface area contributed by atoms with Crippen LogP contribution in [0, 0.1) is 0 Å². The highest BCUT2D eigenvalue weighted by Gasteiger charge is 2.43. The van der Waals surface area contributed by atoms with Gasteiger partial charge in [0.15, 0.2) is 19.7 Å². The Bertz CT molecular complexity index is 1220. The van der Waals surface area contributed by atoms with Crippen LogP contribution in [0.2, 0.25) is 0 Å². The number of hydrogen-bond acceptors (Lipinski definition) is 5. The van der Waals surface area contributed by atoms with Crippen molar-refractivity contribution in [3.8, 4) is 5.75 Å². The number of benzene rings is 3. The highest BCUT2D eigenvalue weighted by molar-refractivity contribution is 7.96. The third kappa shape index (κ3) is 3.31. The zero-order valence-corrected chi connectivity index (χ0v) is 16.5. The lowest BCUT2D eigenvalue weighted by molar-refractivity contribution is 0.298. The van der Waals surface area contributed by atoms with E-state index in [-0.39, 0.29) is 22.1 Å². The van der Waals surface area contributed by atoms with E-state index in [1.165, 1.54) is 12.1 Å². The summed E-state index contributed by atoms with van der Waals surface area (Å²) in [7, 11) is -7.60. The minimum Gasteiger partial charge on any atom is -0.488 e. The zero-order valence-electron chi connectivity index (χ0n) is 14.9. The standard InChI is InChI=1S/C21H18O5S2/c22-27(23)15-21(17-10-4-6-12-19(17)27)28(24,25)20-13-7-5-11-18(20)26-14-16-8-2-1-3-9-16/h1-13,21H,14-15H2. The summed E-state index contributed by atoms with van der Waals surface area (Å²) < 4.78 is 57.4. The molecule has 0 radical (unpaired) electrons. The van der Waals surface area contributed by atoms with Crippen molar-refractivity contribution in [2.75, 3.05) is 5.75 Å². The van der Waals surface area contributed by atoms with Gasteiger partial charge in [0.2, 0.25) is 0 Å². The molecule has 7 heteroatoms. The first kappa shape index (κ1) is 18.7. The first-order chi connectivity index (χ1) is 13.4. The number of ether oxygens (including phenoxy) is 1. The van der Waals surface area contributed by atoms with Crippen molar-refractivity contribution in [2.24, 2.45) is 0 Å². The van der Waals surface area contributed by atoms with Crippen molar-refractivity contribution in [1.29, 1.82) is 0 Å². The molecule has 1 aliphatic heterocycles. The maximum Gasteiger partial charge on any atom is 0.190 e. The predicted octanol–water partition coefficient (Wildman–Crippen LogP) is 3.57. The second-order valence-electron chi connectivity index (χ2n) is 6.57. The van der Waals surface area contributed by atoms with Gasteiger partial charge in [-0.15, -0.1) is 0 Å². The molecule has 0 saturated heterocycles. The van der Waals surface area contributed by atoms with Gasteiger partial charge in [-0.3, -0.25) is 0 Å². The number of sulfone groups is 2. The summed E-state index contributed by atoms with van der Waals surface area (Å²) in [5, 5.41) is -1.14. The topological polar surface area (TPSA) is 77.5 Å². The fourth-order valence-electron chi connectivity index (χ4n) is 3.36. The van der Waals surface area contributed by atoms with E-state index in [1.54, 1.807) is 36.4 Å². The SMILES string of the molecule is O=S1(=O)CC(S(=O)(=O)c2ccccc2OCc2ccccc2)c2ccccc21. The summed E-state index contributed by atoms with van der Waals surface area (Å²) in [4.78, 5) is 0.0918. The molecule has 144 valence electrons. The first-order valence-electron chi connectivity index (χ1n) is 8.71. The maximum atomic E-state index is 13.4. The van der Waals surface area contributed by atoms with Gasteiger partial charge >= 0.3 is 0 Å². The average Bonchev–Trinajstić information content (AvgIpc) is 2.99. The van der Waals surface area contributed by atoms with Crippen molar-refractivity contribution in [1.82, 2.24) is 0 Å². The Morgan fingerprint density at radius 1 is 0.857 bits per heavy atom. The minimum absolute atomic E-state index is 0.00262. The molecule has 3 aromatic rings. The molecule has 0 fully saturated rings. The molecule has 1 atom stereocenters. The first-order valence-corrected chi connectivity index (χ1v) is 11.9. The average molecular weight is 415 g/mol. The summed E-state index contributed by atoms with van der Waals surface area (Å²) in [6, 6.07) is 22.0. The van der Waals surface area contributed by atoms with Crippen LogP contribution in [0.1, 0.15) is 16.4 Å². The van der Waals surface area contributed by atoms with Gasteiger partial charge in [0.1, 0.15) is 22.5 Å². The smallest absolute Gasteiger partial charge is 0.190 e. The highest BCUT2D eigenvalue weighted by Crippen LogP contribution is 2.42. The highest BCUT2D eigenvalue weighted by atomic mass is 32.2. The quantitative estimate of drug-likeness (QED) is 0.638. The molecule has 0 bridgehead atoms. The molecule has 1 unspecified atom stereocenters. The van der Waals surface area contributed by atoms with Crippen LogP contribution < -0.4 is 4.74 Å². The lowest BCUT2D eigenvalue weighted by atomic mass is 10.2. The fraction of sp³-hybridized carbons (Fsp3) is 0.143. The number of hydrogen-bond donors (Lipinski definition) is 0. The Hall–Kier alpha value is -2.64. The van der Waals surface area contributed by atoms with Crippen molar-refractivity contribution >= 4 is 19.7 Å². The van der Waals surface area contributed by atoms with Gasteiger partial charge in [-0.05, 0) is 29.3 Å². The minimum atomic E-state index is -3.96. The molecule has 0 saturated carbocycles. The van der Waals surface area contributed by atoms with E-state index in [0.29, 0.717) is 5.56 Å². The Balaban J connectivity index is 1.72. The van der Waals surface area contributed by atoms with Crippen LogP contribution >= 0.6 is 0 Å². The van der Waals surface area contributed by atoms with Crippen molar-refractivity contribution < 1.29 is 21.6 Å². The van der Waals surface area contributed by atoms with E-state index in [1.807, 2.05) is 30.3 Å². The van der Waals surface area contributed by atoms with Gasteiger partial charge in [0.25, 0.3) is 0 Å². The van der Waals surface area contributed by atoms with Crippen molar-refractivity contribution in [2.45, 2.75) is 21.6 Å². The number of rotatable bonds is 5. The van der Waals surface area contributed by atoms with E-state index in [2.05, 4.69) is 0 Å². The van der Waals surface area contributed by atoms with Crippen molar-refractivity contribution in [3.63, 3.8) is 0 Å². The Labute approximate surface area is 164 Å². The normalized spacial score (nSPS) is 17.8. The maximum absolute atomic E-state index is 13.4. The van der Waals surface area contributed by atoms with Crippen LogP contribution in [-0.4, -0.2) is 22.6 Å². The number of fused-ring (bicyclic) bond motifs is 1. The molecule has 1 heterocycles. The Morgan fingerprint density at radius 2 is 1.50 bits per heavy atom. The van der Waals surface area contributed by atoms with E-state index < -0.39 is 30.7 Å². The summed E-state index contributed by atoms with van der Waals surface area (Å²) in [5.74, 6) is -0.241. The molecule has 5 nitrogen and oxygen atoms in total. The van der Waals surface area contributed by atoms with E-state index in [0.717, 1.165) is 5.56 Å². The second kappa shape index (κ2) is 7.07. The van der Waals surface area contributed by atoms with Gasteiger partial charge in [0, 0.05) is 0 Å². The Kier molecular flexibility index (Phi) is 4.72. The molecule has 1 aliphatic rings. The van der Waals surface area contributed by atoms with Crippen LogP contribution in [0.4, 0.5) is 0 Å².